The van der Waals surface area contributed by atoms with Crippen LogP contribution in [0.5, 0.6) is 0 Å². The first-order valence-corrected chi connectivity index (χ1v) is 6.44. The number of aliphatic hydroxyl groups is 1. The average Bonchev–Trinajstić information content (AvgIpc) is 2.37. The molecule has 0 spiro atoms. The standard InChI is InChI=1S/C13H15ClN2O3/c1-2-10-13(19)15-12(18)6-16(10)11-5-9(14)4-3-8(11)7-17/h3-5,10,17H,2,6-7H2,1H3,(H,15,18,19). The highest BCUT2D eigenvalue weighted by atomic mass is 35.5. The first kappa shape index (κ1) is 13.8. The number of carbonyl (C=O) groups is 2. The summed E-state index contributed by atoms with van der Waals surface area (Å²) in [6.45, 7) is 1.78. The zero-order valence-corrected chi connectivity index (χ0v) is 11.3. The summed E-state index contributed by atoms with van der Waals surface area (Å²) in [7, 11) is 0. The van der Waals surface area contributed by atoms with Crippen molar-refractivity contribution in [1.82, 2.24) is 5.32 Å². The fourth-order valence-electron chi connectivity index (χ4n) is 2.26. The van der Waals surface area contributed by atoms with Crippen molar-refractivity contribution < 1.29 is 14.7 Å². The number of nitrogens with one attached hydrogen (secondary N) is 1. The Morgan fingerprint density at radius 1 is 1.47 bits per heavy atom. The number of piperazine rings is 1. The minimum Gasteiger partial charge on any atom is -0.392 e. The molecule has 19 heavy (non-hydrogen) atoms. The lowest BCUT2D eigenvalue weighted by Gasteiger charge is -2.36. The molecule has 2 rings (SSSR count). The Bertz CT molecular complexity index is 519. The van der Waals surface area contributed by atoms with E-state index < -0.39 is 6.04 Å². The summed E-state index contributed by atoms with van der Waals surface area (Å²) in [5, 5.41) is 12.2. The second-order valence-electron chi connectivity index (χ2n) is 4.40. The molecule has 0 radical (unpaired) electrons. The highest BCUT2D eigenvalue weighted by Gasteiger charge is 2.33. The molecular weight excluding hydrogens is 268 g/mol. The molecule has 0 aromatic heterocycles. The van der Waals surface area contributed by atoms with Crippen LogP contribution in [0.4, 0.5) is 5.69 Å². The molecule has 1 atom stereocenters. The number of nitrogens with zero attached hydrogens (tertiary/aromatic N) is 1. The van der Waals surface area contributed by atoms with Crippen LogP contribution in [0.25, 0.3) is 0 Å². The Kier molecular flexibility index (Phi) is 4.07. The zero-order chi connectivity index (χ0) is 14.0. The van der Waals surface area contributed by atoms with Crippen LogP contribution in [0.3, 0.4) is 0 Å². The van der Waals surface area contributed by atoms with Crippen LogP contribution in [0.2, 0.25) is 5.02 Å². The van der Waals surface area contributed by atoms with E-state index in [1.807, 2.05) is 6.92 Å². The van der Waals surface area contributed by atoms with Gasteiger partial charge in [0.05, 0.1) is 13.2 Å². The van der Waals surface area contributed by atoms with E-state index in [1.54, 1.807) is 23.1 Å². The molecule has 1 aromatic rings. The Morgan fingerprint density at radius 3 is 2.84 bits per heavy atom. The maximum Gasteiger partial charge on any atom is 0.249 e. The van der Waals surface area contributed by atoms with E-state index in [4.69, 9.17) is 11.6 Å². The van der Waals surface area contributed by atoms with Gasteiger partial charge in [0, 0.05) is 16.3 Å². The molecule has 102 valence electrons. The van der Waals surface area contributed by atoms with E-state index in [0.29, 0.717) is 22.7 Å². The summed E-state index contributed by atoms with van der Waals surface area (Å²) in [6, 6.07) is 4.60. The number of hydrogen-bond donors (Lipinski definition) is 2. The van der Waals surface area contributed by atoms with Crippen LogP contribution in [-0.2, 0) is 16.2 Å². The fourth-order valence-corrected chi connectivity index (χ4v) is 2.43. The summed E-state index contributed by atoms with van der Waals surface area (Å²) >= 11 is 5.96. The lowest BCUT2D eigenvalue weighted by molar-refractivity contribution is -0.132. The van der Waals surface area contributed by atoms with Gasteiger partial charge < -0.3 is 10.0 Å². The molecular formula is C13H15ClN2O3. The smallest absolute Gasteiger partial charge is 0.249 e. The Hall–Kier alpha value is -1.59. The molecule has 0 aliphatic carbocycles. The van der Waals surface area contributed by atoms with Crippen molar-refractivity contribution in [3.8, 4) is 0 Å². The van der Waals surface area contributed by atoms with Crippen LogP contribution in [0, 0.1) is 0 Å². The molecule has 1 saturated heterocycles. The van der Waals surface area contributed by atoms with Crippen LogP contribution >= 0.6 is 11.6 Å². The van der Waals surface area contributed by atoms with E-state index in [0.717, 1.165) is 0 Å². The lowest BCUT2D eigenvalue weighted by Crippen LogP contribution is -2.58. The van der Waals surface area contributed by atoms with E-state index in [2.05, 4.69) is 5.32 Å². The van der Waals surface area contributed by atoms with Crippen molar-refractivity contribution in [2.45, 2.75) is 26.0 Å². The highest BCUT2D eigenvalue weighted by molar-refractivity contribution is 6.30. The fraction of sp³-hybridized carbons (Fsp3) is 0.385. The number of benzene rings is 1. The Labute approximate surface area is 116 Å². The molecule has 1 aliphatic heterocycles. The van der Waals surface area contributed by atoms with Gasteiger partial charge in [0.15, 0.2) is 0 Å². The summed E-state index contributed by atoms with van der Waals surface area (Å²) in [6.07, 6.45) is 0.566. The zero-order valence-electron chi connectivity index (χ0n) is 10.5. The average molecular weight is 283 g/mol. The molecule has 6 heteroatoms. The number of imide groups is 1. The predicted molar refractivity (Wildman–Crippen MR) is 71.9 cm³/mol. The number of amides is 2. The van der Waals surface area contributed by atoms with Crippen molar-refractivity contribution in [2.75, 3.05) is 11.4 Å². The van der Waals surface area contributed by atoms with E-state index in [1.165, 1.54) is 0 Å². The monoisotopic (exact) mass is 282 g/mol. The Balaban J connectivity index is 2.45. The number of carbonyl (C=O) groups excluding carboxylic acids is 2. The van der Waals surface area contributed by atoms with Gasteiger partial charge in [0.2, 0.25) is 11.8 Å². The normalized spacial score (nSPS) is 19.5. The molecule has 0 saturated carbocycles. The van der Waals surface area contributed by atoms with E-state index in [9.17, 15) is 14.7 Å². The van der Waals surface area contributed by atoms with Crippen LogP contribution in [0.15, 0.2) is 18.2 Å². The number of aliphatic hydroxyl groups excluding tert-OH is 1. The molecule has 1 aliphatic rings. The van der Waals surface area contributed by atoms with Gasteiger partial charge in [-0.3, -0.25) is 14.9 Å². The van der Waals surface area contributed by atoms with E-state index >= 15 is 0 Å². The van der Waals surface area contributed by atoms with Crippen molar-refractivity contribution >= 4 is 29.1 Å². The van der Waals surface area contributed by atoms with Crippen molar-refractivity contribution in [3.63, 3.8) is 0 Å². The van der Waals surface area contributed by atoms with Gasteiger partial charge in [0.25, 0.3) is 0 Å². The second kappa shape index (κ2) is 5.59. The summed E-state index contributed by atoms with van der Waals surface area (Å²) in [5.41, 5.74) is 1.27. The SMILES string of the molecule is CCC1C(=O)NC(=O)CN1c1cc(Cl)ccc1CO. The van der Waals surface area contributed by atoms with Crippen molar-refractivity contribution in [3.05, 3.63) is 28.8 Å². The number of anilines is 1. The predicted octanol–water partition coefficient (Wildman–Crippen LogP) is 1.07. The summed E-state index contributed by atoms with van der Waals surface area (Å²) in [5.74, 6) is -0.666. The third-order valence-electron chi connectivity index (χ3n) is 3.17. The van der Waals surface area contributed by atoms with Gasteiger partial charge in [-0.15, -0.1) is 0 Å². The molecule has 2 N–H and O–H groups in total. The molecule has 1 aromatic carbocycles. The number of halogens is 1. The molecule has 1 fully saturated rings. The van der Waals surface area contributed by atoms with Gasteiger partial charge >= 0.3 is 0 Å². The lowest BCUT2D eigenvalue weighted by atomic mass is 10.1. The van der Waals surface area contributed by atoms with Gasteiger partial charge in [-0.25, -0.2) is 0 Å². The summed E-state index contributed by atoms with van der Waals surface area (Å²) in [4.78, 5) is 25.1. The van der Waals surface area contributed by atoms with Crippen LogP contribution in [-0.4, -0.2) is 29.5 Å². The van der Waals surface area contributed by atoms with Crippen molar-refractivity contribution in [2.24, 2.45) is 0 Å². The molecule has 1 heterocycles. The molecule has 2 amide bonds. The third kappa shape index (κ3) is 2.72. The minimum absolute atomic E-state index is 0.0809. The molecule has 1 unspecified atom stereocenters. The Morgan fingerprint density at radius 2 is 2.21 bits per heavy atom. The third-order valence-corrected chi connectivity index (χ3v) is 3.40. The summed E-state index contributed by atoms with van der Waals surface area (Å²) < 4.78 is 0. The maximum absolute atomic E-state index is 11.8. The van der Waals surface area contributed by atoms with Crippen LogP contribution < -0.4 is 10.2 Å². The highest BCUT2D eigenvalue weighted by Crippen LogP contribution is 2.28. The van der Waals surface area contributed by atoms with Crippen LogP contribution in [0.1, 0.15) is 18.9 Å². The quantitative estimate of drug-likeness (QED) is 0.814. The van der Waals surface area contributed by atoms with Gasteiger partial charge in [-0.05, 0) is 18.6 Å². The molecule has 5 nitrogen and oxygen atoms in total. The van der Waals surface area contributed by atoms with E-state index in [-0.39, 0.29) is 25.0 Å². The second-order valence-corrected chi connectivity index (χ2v) is 4.83. The first-order chi connectivity index (χ1) is 9.06. The maximum atomic E-state index is 11.8. The number of rotatable bonds is 3. The van der Waals surface area contributed by atoms with Crippen molar-refractivity contribution in [1.29, 1.82) is 0 Å². The topological polar surface area (TPSA) is 69.6 Å². The van der Waals surface area contributed by atoms with Gasteiger partial charge in [-0.2, -0.15) is 0 Å². The van der Waals surface area contributed by atoms with Gasteiger partial charge in [0.1, 0.15) is 6.04 Å². The largest absolute Gasteiger partial charge is 0.392 e. The number of hydrogen-bond acceptors (Lipinski definition) is 4. The first-order valence-electron chi connectivity index (χ1n) is 6.06. The minimum atomic E-state index is -0.429. The van der Waals surface area contributed by atoms with Gasteiger partial charge in [-0.1, -0.05) is 24.6 Å². The molecule has 0 bridgehead atoms.